The van der Waals surface area contributed by atoms with Gasteiger partial charge in [-0.1, -0.05) is 31.5 Å². The Bertz CT molecular complexity index is 985. The van der Waals surface area contributed by atoms with Crippen LogP contribution in [0.4, 0.5) is 5.95 Å². The molecule has 1 unspecified atom stereocenters. The average molecular weight is 407 g/mol. The maximum Gasteiger partial charge on any atom is 0.227 e. The molecule has 1 amide bonds. The van der Waals surface area contributed by atoms with Crippen LogP contribution in [0, 0.1) is 5.92 Å². The molecule has 1 aliphatic heterocycles. The van der Waals surface area contributed by atoms with Gasteiger partial charge in [0.1, 0.15) is 11.3 Å². The molecule has 0 bridgehead atoms. The number of nitrogens with zero attached hydrogens (tertiary/aromatic N) is 4. The van der Waals surface area contributed by atoms with E-state index in [0.717, 1.165) is 60.9 Å². The summed E-state index contributed by atoms with van der Waals surface area (Å²) in [5.74, 6) is 1.87. The van der Waals surface area contributed by atoms with Gasteiger partial charge in [0.15, 0.2) is 0 Å². The molecule has 6 nitrogen and oxygen atoms in total. The van der Waals surface area contributed by atoms with Gasteiger partial charge in [-0.05, 0) is 31.4 Å². The van der Waals surface area contributed by atoms with Crippen molar-refractivity contribution in [2.75, 3.05) is 25.0 Å². The van der Waals surface area contributed by atoms with Gasteiger partial charge in [-0.25, -0.2) is 9.97 Å². The second-order valence-corrected chi connectivity index (χ2v) is 8.13. The summed E-state index contributed by atoms with van der Waals surface area (Å²) in [5.41, 5.74) is 2.05. The number of fused-ring (bicyclic) bond motifs is 1. The monoisotopic (exact) mass is 406 g/mol. The van der Waals surface area contributed by atoms with Gasteiger partial charge in [-0.2, -0.15) is 0 Å². The number of hydrogen-bond donors (Lipinski definition) is 0. The molecule has 158 valence electrons. The molecule has 0 spiro atoms. The van der Waals surface area contributed by atoms with Crippen molar-refractivity contribution in [1.29, 1.82) is 0 Å². The first-order chi connectivity index (χ1) is 14.7. The minimum absolute atomic E-state index is 0.0372. The molecule has 1 fully saturated rings. The van der Waals surface area contributed by atoms with Crippen LogP contribution in [0.3, 0.4) is 0 Å². The number of rotatable bonds is 7. The highest BCUT2D eigenvalue weighted by Crippen LogP contribution is 2.29. The molecule has 1 aromatic carbocycles. The van der Waals surface area contributed by atoms with Gasteiger partial charge in [0.25, 0.3) is 0 Å². The van der Waals surface area contributed by atoms with Gasteiger partial charge in [0, 0.05) is 56.4 Å². The Morgan fingerprint density at radius 1 is 1.23 bits per heavy atom. The number of hydrogen-bond acceptors (Lipinski definition) is 5. The zero-order valence-electron chi connectivity index (χ0n) is 17.9. The number of piperidine rings is 1. The Kier molecular flexibility index (Phi) is 6.31. The first kappa shape index (κ1) is 20.4. The van der Waals surface area contributed by atoms with Gasteiger partial charge in [0.2, 0.25) is 11.9 Å². The summed E-state index contributed by atoms with van der Waals surface area (Å²) in [6.07, 6.45) is 8.48. The van der Waals surface area contributed by atoms with E-state index in [2.05, 4.69) is 27.9 Å². The van der Waals surface area contributed by atoms with Crippen LogP contribution in [0.1, 0.15) is 43.9 Å². The summed E-state index contributed by atoms with van der Waals surface area (Å²) in [4.78, 5) is 26.0. The minimum Gasteiger partial charge on any atom is -0.461 e. The largest absolute Gasteiger partial charge is 0.461 e. The van der Waals surface area contributed by atoms with E-state index in [0.29, 0.717) is 19.0 Å². The third-order valence-corrected chi connectivity index (χ3v) is 5.92. The van der Waals surface area contributed by atoms with Crippen LogP contribution in [-0.2, 0) is 17.8 Å². The number of benzene rings is 1. The van der Waals surface area contributed by atoms with E-state index < -0.39 is 0 Å². The fourth-order valence-electron chi connectivity index (χ4n) is 4.30. The Balaban J connectivity index is 1.49. The molecule has 1 aliphatic rings. The number of furan rings is 1. The summed E-state index contributed by atoms with van der Waals surface area (Å²) in [7, 11) is 1.91. The van der Waals surface area contributed by atoms with Crippen molar-refractivity contribution in [3.05, 3.63) is 54.0 Å². The Morgan fingerprint density at radius 3 is 2.83 bits per heavy atom. The van der Waals surface area contributed by atoms with Gasteiger partial charge in [0.05, 0.1) is 5.92 Å². The van der Waals surface area contributed by atoms with Crippen LogP contribution in [0.2, 0.25) is 0 Å². The van der Waals surface area contributed by atoms with E-state index in [1.807, 2.05) is 36.2 Å². The molecule has 1 atom stereocenters. The fourth-order valence-corrected chi connectivity index (χ4v) is 4.30. The number of unbranched alkanes of at least 4 members (excludes halogenated alkanes) is 1. The van der Waals surface area contributed by atoms with Crippen LogP contribution < -0.4 is 4.90 Å². The molecule has 0 saturated carbocycles. The quantitative estimate of drug-likeness (QED) is 0.580. The SMILES string of the molecule is CCCCc1oc2ccccc2c1CN(C)C(=O)C1CCCN(c2ncccn2)C1. The van der Waals surface area contributed by atoms with Crippen molar-refractivity contribution in [2.45, 2.75) is 45.6 Å². The molecule has 4 rings (SSSR count). The maximum absolute atomic E-state index is 13.3. The van der Waals surface area contributed by atoms with Crippen molar-refractivity contribution in [2.24, 2.45) is 5.92 Å². The van der Waals surface area contributed by atoms with Crippen molar-refractivity contribution in [1.82, 2.24) is 14.9 Å². The molecule has 30 heavy (non-hydrogen) atoms. The number of aromatic nitrogens is 2. The summed E-state index contributed by atoms with van der Waals surface area (Å²) in [5, 5.41) is 1.12. The fraction of sp³-hybridized carbons (Fsp3) is 0.458. The predicted molar refractivity (Wildman–Crippen MR) is 118 cm³/mol. The number of anilines is 1. The Labute approximate surface area is 177 Å². The molecule has 0 N–H and O–H groups in total. The van der Waals surface area contributed by atoms with Crippen LogP contribution in [-0.4, -0.2) is 40.9 Å². The second kappa shape index (κ2) is 9.28. The van der Waals surface area contributed by atoms with Gasteiger partial charge in [-0.15, -0.1) is 0 Å². The molecule has 1 saturated heterocycles. The molecule has 6 heteroatoms. The smallest absolute Gasteiger partial charge is 0.227 e. The standard InChI is InChI=1S/C24H30N4O2/c1-3-4-11-22-20(19-10-5-6-12-21(19)30-22)17-27(2)23(29)18-9-7-15-28(16-18)24-25-13-8-14-26-24/h5-6,8,10,12-14,18H,3-4,7,9,11,15-17H2,1-2H3. The van der Waals surface area contributed by atoms with Crippen LogP contribution in [0.15, 0.2) is 47.1 Å². The lowest BCUT2D eigenvalue weighted by Crippen LogP contribution is -2.44. The van der Waals surface area contributed by atoms with E-state index in [-0.39, 0.29) is 11.8 Å². The van der Waals surface area contributed by atoms with E-state index in [9.17, 15) is 4.79 Å². The molecular formula is C24H30N4O2. The number of aryl methyl sites for hydroxylation is 1. The van der Waals surface area contributed by atoms with E-state index in [1.165, 1.54) is 0 Å². The van der Waals surface area contributed by atoms with Gasteiger partial charge < -0.3 is 14.2 Å². The minimum atomic E-state index is -0.0372. The van der Waals surface area contributed by atoms with E-state index >= 15 is 0 Å². The summed E-state index contributed by atoms with van der Waals surface area (Å²) in [6.45, 7) is 4.32. The zero-order valence-corrected chi connectivity index (χ0v) is 17.9. The van der Waals surface area contributed by atoms with Crippen molar-refractivity contribution in [3.8, 4) is 0 Å². The summed E-state index contributed by atoms with van der Waals surface area (Å²) >= 11 is 0. The summed E-state index contributed by atoms with van der Waals surface area (Å²) < 4.78 is 6.14. The predicted octanol–water partition coefficient (Wildman–Crippen LogP) is 4.44. The highest BCUT2D eigenvalue weighted by molar-refractivity contribution is 5.84. The lowest BCUT2D eigenvalue weighted by Gasteiger charge is -2.34. The number of para-hydroxylation sites is 1. The van der Waals surface area contributed by atoms with Crippen LogP contribution in [0.5, 0.6) is 0 Å². The summed E-state index contributed by atoms with van der Waals surface area (Å²) in [6, 6.07) is 9.95. The number of carbonyl (C=O) groups is 1. The van der Waals surface area contributed by atoms with Crippen LogP contribution >= 0.6 is 0 Å². The first-order valence-electron chi connectivity index (χ1n) is 10.9. The third kappa shape index (κ3) is 4.32. The first-order valence-corrected chi connectivity index (χ1v) is 10.9. The molecule has 3 heterocycles. The van der Waals surface area contributed by atoms with Crippen molar-refractivity contribution in [3.63, 3.8) is 0 Å². The van der Waals surface area contributed by atoms with E-state index in [4.69, 9.17) is 4.42 Å². The Morgan fingerprint density at radius 2 is 2.03 bits per heavy atom. The molecule has 2 aromatic heterocycles. The van der Waals surface area contributed by atoms with Crippen LogP contribution in [0.25, 0.3) is 11.0 Å². The lowest BCUT2D eigenvalue weighted by molar-refractivity contribution is -0.135. The number of carbonyl (C=O) groups excluding carboxylic acids is 1. The second-order valence-electron chi connectivity index (χ2n) is 8.13. The maximum atomic E-state index is 13.3. The zero-order chi connectivity index (χ0) is 20.9. The van der Waals surface area contributed by atoms with Gasteiger partial charge >= 0.3 is 0 Å². The number of amides is 1. The van der Waals surface area contributed by atoms with Gasteiger partial charge in [-0.3, -0.25) is 4.79 Å². The molecular weight excluding hydrogens is 376 g/mol. The highest BCUT2D eigenvalue weighted by atomic mass is 16.3. The average Bonchev–Trinajstić information content (AvgIpc) is 3.15. The normalized spacial score (nSPS) is 16.7. The molecule has 3 aromatic rings. The third-order valence-electron chi connectivity index (χ3n) is 5.92. The van der Waals surface area contributed by atoms with Crippen molar-refractivity contribution < 1.29 is 9.21 Å². The Hall–Kier alpha value is -2.89. The molecule has 0 radical (unpaired) electrons. The van der Waals surface area contributed by atoms with E-state index in [1.54, 1.807) is 12.4 Å². The lowest BCUT2D eigenvalue weighted by atomic mass is 9.96. The van der Waals surface area contributed by atoms with Crippen molar-refractivity contribution >= 4 is 22.8 Å². The molecule has 0 aliphatic carbocycles. The highest BCUT2D eigenvalue weighted by Gasteiger charge is 2.30. The topological polar surface area (TPSA) is 62.5 Å².